The number of hydrogen-bond donors (Lipinski definition) is 3. The molecule has 122 valence electrons. The second-order valence-electron chi connectivity index (χ2n) is 6.13. The van der Waals surface area contributed by atoms with E-state index in [1.54, 1.807) is 0 Å². The Morgan fingerprint density at radius 3 is 2.83 bits per heavy atom. The van der Waals surface area contributed by atoms with Gasteiger partial charge in [-0.1, -0.05) is 30.3 Å². The van der Waals surface area contributed by atoms with E-state index < -0.39 is 0 Å². The lowest BCUT2D eigenvalue weighted by atomic mass is 10.1. The third kappa shape index (κ3) is 4.43. The third-order valence-corrected chi connectivity index (χ3v) is 4.28. The molecule has 0 radical (unpaired) electrons. The van der Waals surface area contributed by atoms with Crippen LogP contribution in [0.2, 0.25) is 0 Å². The van der Waals surface area contributed by atoms with E-state index in [4.69, 9.17) is 0 Å². The van der Waals surface area contributed by atoms with Gasteiger partial charge in [-0.2, -0.15) is 0 Å². The van der Waals surface area contributed by atoms with E-state index in [9.17, 15) is 9.90 Å². The minimum atomic E-state index is -0.316. The monoisotopic (exact) mass is 313 g/mol. The van der Waals surface area contributed by atoms with Gasteiger partial charge in [0.05, 0.1) is 12.5 Å². The summed E-state index contributed by atoms with van der Waals surface area (Å²) >= 11 is 0. The molecule has 2 unspecified atom stereocenters. The molecule has 0 saturated carbocycles. The standard InChI is InChI=1S/C18H23N3O2/c22-17-10-16(11-20-18(23)9-15-7-4-8-19-15)21(13-17)12-14-5-2-1-3-6-14/h1-8,16-17,19,22H,9-13H2,(H,20,23). The fraction of sp³-hybridized carbons (Fsp3) is 0.389. The number of carbonyl (C=O) groups is 1. The van der Waals surface area contributed by atoms with Crippen molar-refractivity contribution >= 4 is 5.91 Å². The predicted molar refractivity (Wildman–Crippen MR) is 88.8 cm³/mol. The second-order valence-corrected chi connectivity index (χ2v) is 6.13. The minimum Gasteiger partial charge on any atom is -0.392 e. The van der Waals surface area contributed by atoms with Gasteiger partial charge in [-0.25, -0.2) is 0 Å². The number of aliphatic hydroxyl groups is 1. The predicted octanol–water partition coefficient (Wildman–Crippen LogP) is 1.31. The zero-order valence-corrected chi connectivity index (χ0v) is 13.1. The smallest absolute Gasteiger partial charge is 0.225 e. The van der Waals surface area contributed by atoms with Crippen LogP contribution in [0, 0.1) is 0 Å². The summed E-state index contributed by atoms with van der Waals surface area (Å²) in [5.41, 5.74) is 2.14. The van der Waals surface area contributed by atoms with Crippen molar-refractivity contribution < 1.29 is 9.90 Å². The average molecular weight is 313 g/mol. The van der Waals surface area contributed by atoms with Gasteiger partial charge in [0.2, 0.25) is 5.91 Å². The first kappa shape index (κ1) is 15.8. The molecule has 1 amide bonds. The summed E-state index contributed by atoms with van der Waals surface area (Å²) in [6.45, 7) is 2.03. The molecule has 2 heterocycles. The van der Waals surface area contributed by atoms with Gasteiger partial charge in [-0.05, 0) is 24.1 Å². The molecular formula is C18H23N3O2. The first-order chi connectivity index (χ1) is 11.2. The molecule has 1 saturated heterocycles. The lowest BCUT2D eigenvalue weighted by Crippen LogP contribution is -2.40. The number of hydrogen-bond acceptors (Lipinski definition) is 3. The van der Waals surface area contributed by atoms with E-state index in [0.29, 0.717) is 25.9 Å². The van der Waals surface area contributed by atoms with Crippen LogP contribution in [-0.4, -0.2) is 46.1 Å². The molecule has 5 nitrogen and oxygen atoms in total. The molecule has 2 atom stereocenters. The Hall–Kier alpha value is -2.11. The van der Waals surface area contributed by atoms with E-state index in [1.807, 2.05) is 36.5 Å². The maximum atomic E-state index is 12.0. The molecule has 3 N–H and O–H groups in total. The van der Waals surface area contributed by atoms with Crippen LogP contribution < -0.4 is 5.32 Å². The number of likely N-dealkylation sites (tertiary alicyclic amines) is 1. The number of benzene rings is 1. The highest BCUT2D eigenvalue weighted by molar-refractivity contribution is 5.78. The highest BCUT2D eigenvalue weighted by Gasteiger charge is 2.30. The van der Waals surface area contributed by atoms with E-state index in [-0.39, 0.29) is 18.1 Å². The normalized spacial score (nSPS) is 21.4. The van der Waals surface area contributed by atoms with Crippen LogP contribution in [0.15, 0.2) is 48.7 Å². The number of nitrogens with zero attached hydrogens (tertiary/aromatic N) is 1. The lowest BCUT2D eigenvalue weighted by Gasteiger charge is -2.24. The minimum absolute atomic E-state index is 0.00787. The van der Waals surface area contributed by atoms with Gasteiger partial charge >= 0.3 is 0 Å². The van der Waals surface area contributed by atoms with Crippen LogP contribution in [-0.2, 0) is 17.8 Å². The molecule has 23 heavy (non-hydrogen) atoms. The van der Waals surface area contributed by atoms with Crippen LogP contribution in [0.1, 0.15) is 17.7 Å². The first-order valence-corrected chi connectivity index (χ1v) is 8.05. The quantitative estimate of drug-likeness (QED) is 0.753. The topological polar surface area (TPSA) is 68.4 Å². The Kier molecular flexibility index (Phi) is 5.10. The number of β-amino-alcohol motifs (C(OH)–C–C–N with tert-alkyl or cyclic N) is 1. The molecule has 0 aliphatic carbocycles. The van der Waals surface area contributed by atoms with E-state index >= 15 is 0 Å². The number of aromatic nitrogens is 1. The lowest BCUT2D eigenvalue weighted by molar-refractivity contribution is -0.120. The Morgan fingerprint density at radius 2 is 2.09 bits per heavy atom. The third-order valence-electron chi connectivity index (χ3n) is 4.28. The molecule has 1 aromatic carbocycles. The molecule has 0 spiro atoms. The van der Waals surface area contributed by atoms with E-state index in [2.05, 4.69) is 27.3 Å². The number of rotatable bonds is 6. The summed E-state index contributed by atoms with van der Waals surface area (Å²) in [6, 6.07) is 14.2. The zero-order valence-electron chi connectivity index (χ0n) is 13.1. The highest BCUT2D eigenvalue weighted by atomic mass is 16.3. The summed E-state index contributed by atoms with van der Waals surface area (Å²) in [7, 11) is 0. The number of carbonyl (C=O) groups excluding carboxylic acids is 1. The van der Waals surface area contributed by atoms with Gasteiger partial charge < -0.3 is 15.4 Å². The van der Waals surface area contributed by atoms with Gasteiger partial charge in [0, 0.05) is 37.6 Å². The molecule has 1 aliphatic heterocycles. The van der Waals surface area contributed by atoms with E-state index in [0.717, 1.165) is 12.2 Å². The maximum Gasteiger partial charge on any atom is 0.225 e. The van der Waals surface area contributed by atoms with Gasteiger partial charge in [0.15, 0.2) is 0 Å². The number of amides is 1. The van der Waals surface area contributed by atoms with Crippen LogP contribution in [0.25, 0.3) is 0 Å². The second kappa shape index (κ2) is 7.44. The molecular weight excluding hydrogens is 290 g/mol. The SMILES string of the molecule is O=C(Cc1ccc[nH]1)NCC1CC(O)CN1Cc1ccccc1. The first-order valence-electron chi connectivity index (χ1n) is 8.05. The largest absolute Gasteiger partial charge is 0.392 e. The van der Waals surface area contributed by atoms with Crippen molar-refractivity contribution in [2.24, 2.45) is 0 Å². The van der Waals surface area contributed by atoms with Crippen LogP contribution in [0.3, 0.4) is 0 Å². The molecule has 0 bridgehead atoms. The van der Waals surface area contributed by atoms with Crippen molar-refractivity contribution in [3.8, 4) is 0 Å². The maximum absolute atomic E-state index is 12.0. The van der Waals surface area contributed by atoms with Crippen LogP contribution >= 0.6 is 0 Å². The van der Waals surface area contributed by atoms with Crippen molar-refractivity contribution in [3.05, 3.63) is 59.9 Å². The molecule has 1 aliphatic rings. The summed E-state index contributed by atoms with van der Waals surface area (Å²) in [6.07, 6.45) is 2.57. The van der Waals surface area contributed by atoms with Crippen molar-refractivity contribution in [2.75, 3.05) is 13.1 Å². The summed E-state index contributed by atoms with van der Waals surface area (Å²) in [4.78, 5) is 17.3. The van der Waals surface area contributed by atoms with Gasteiger partial charge in [0.25, 0.3) is 0 Å². The zero-order chi connectivity index (χ0) is 16.1. The fourth-order valence-electron chi connectivity index (χ4n) is 3.13. The average Bonchev–Trinajstić information content (AvgIpc) is 3.16. The Bertz CT molecular complexity index is 612. The Labute approximate surface area is 136 Å². The number of aliphatic hydroxyl groups excluding tert-OH is 1. The van der Waals surface area contributed by atoms with Crippen LogP contribution in [0.5, 0.6) is 0 Å². The molecule has 5 heteroatoms. The van der Waals surface area contributed by atoms with Crippen molar-refractivity contribution in [3.63, 3.8) is 0 Å². The number of aromatic amines is 1. The number of H-pyrrole nitrogens is 1. The van der Waals surface area contributed by atoms with Gasteiger partial charge in [-0.3, -0.25) is 9.69 Å². The van der Waals surface area contributed by atoms with Crippen molar-refractivity contribution in [2.45, 2.75) is 31.5 Å². The van der Waals surface area contributed by atoms with Crippen molar-refractivity contribution in [1.82, 2.24) is 15.2 Å². The Balaban J connectivity index is 1.52. The van der Waals surface area contributed by atoms with Gasteiger partial charge in [0.1, 0.15) is 0 Å². The van der Waals surface area contributed by atoms with Gasteiger partial charge in [-0.15, -0.1) is 0 Å². The molecule has 1 aromatic heterocycles. The van der Waals surface area contributed by atoms with E-state index in [1.165, 1.54) is 5.56 Å². The summed E-state index contributed by atoms with van der Waals surface area (Å²) < 4.78 is 0. The number of nitrogens with one attached hydrogen (secondary N) is 2. The fourth-order valence-corrected chi connectivity index (χ4v) is 3.13. The Morgan fingerprint density at radius 1 is 1.26 bits per heavy atom. The van der Waals surface area contributed by atoms with Crippen molar-refractivity contribution in [1.29, 1.82) is 0 Å². The summed E-state index contributed by atoms with van der Waals surface area (Å²) in [5.74, 6) is 0.00787. The summed E-state index contributed by atoms with van der Waals surface area (Å²) in [5, 5.41) is 12.9. The highest BCUT2D eigenvalue weighted by Crippen LogP contribution is 2.20. The molecule has 2 aromatic rings. The molecule has 1 fully saturated rings. The van der Waals surface area contributed by atoms with Crippen LogP contribution in [0.4, 0.5) is 0 Å². The molecule has 3 rings (SSSR count).